The molecule has 1 saturated heterocycles. The van der Waals surface area contributed by atoms with Crippen molar-refractivity contribution in [3.63, 3.8) is 0 Å². The number of amides is 1. The first kappa shape index (κ1) is 19.3. The largest absolute Gasteiger partial charge is 0.497 e. The van der Waals surface area contributed by atoms with Gasteiger partial charge in [-0.1, -0.05) is 18.2 Å². The van der Waals surface area contributed by atoms with Crippen LogP contribution in [0.5, 0.6) is 5.75 Å². The van der Waals surface area contributed by atoms with Crippen LogP contribution in [0.2, 0.25) is 0 Å². The molecule has 2 aromatic carbocycles. The highest BCUT2D eigenvalue weighted by atomic mass is 16.6. The van der Waals surface area contributed by atoms with Crippen molar-refractivity contribution in [3.05, 3.63) is 48.4 Å². The van der Waals surface area contributed by atoms with E-state index in [9.17, 15) is 4.79 Å². The standard InChI is InChI=1S/C23H27N3O3/c1-23(2,3)29-22(27)26-11-5-6-20(26)21-24-14-19(25-21)17-8-7-16-13-18(28-4)10-9-15(16)12-17/h7-10,12-14,20H,5-6,11H2,1-4H3,(H,24,25). The average molecular weight is 393 g/mol. The summed E-state index contributed by atoms with van der Waals surface area (Å²) in [4.78, 5) is 22.4. The highest BCUT2D eigenvalue weighted by molar-refractivity contribution is 5.87. The summed E-state index contributed by atoms with van der Waals surface area (Å²) in [6.07, 6.45) is 3.38. The van der Waals surface area contributed by atoms with Crippen molar-refractivity contribution in [2.24, 2.45) is 0 Å². The lowest BCUT2D eigenvalue weighted by Gasteiger charge is -2.27. The summed E-state index contributed by atoms with van der Waals surface area (Å²) < 4.78 is 10.9. The minimum absolute atomic E-state index is 0.0803. The molecule has 1 aliphatic heterocycles. The molecule has 1 amide bonds. The first-order valence-electron chi connectivity index (χ1n) is 9.97. The number of ether oxygens (including phenoxy) is 2. The molecule has 6 heteroatoms. The number of nitrogens with zero attached hydrogens (tertiary/aromatic N) is 2. The van der Waals surface area contributed by atoms with Crippen molar-refractivity contribution >= 4 is 16.9 Å². The van der Waals surface area contributed by atoms with Gasteiger partial charge >= 0.3 is 6.09 Å². The summed E-state index contributed by atoms with van der Waals surface area (Å²) in [5, 5.41) is 2.26. The number of rotatable bonds is 3. The lowest BCUT2D eigenvalue weighted by molar-refractivity contribution is 0.0218. The molecule has 1 N–H and O–H groups in total. The molecular formula is C23H27N3O3. The maximum atomic E-state index is 12.6. The van der Waals surface area contributed by atoms with Gasteiger partial charge in [-0.05, 0) is 62.6 Å². The molecule has 4 rings (SSSR count). The lowest BCUT2D eigenvalue weighted by atomic mass is 10.1. The first-order valence-corrected chi connectivity index (χ1v) is 9.97. The number of imidazole rings is 1. The number of hydrogen-bond acceptors (Lipinski definition) is 4. The van der Waals surface area contributed by atoms with Gasteiger partial charge in [-0.15, -0.1) is 0 Å². The second-order valence-electron chi connectivity index (χ2n) is 8.44. The Morgan fingerprint density at radius 3 is 2.69 bits per heavy atom. The van der Waals surface area contributed by atoms with Gasteiger partial charge in [0.25, 0.3) is 0 Å². The Hall–Kier alpha value is -3.02. The number of carbonyl (C=O) groups excluding carboxylic acids is 1. The average Bonchev–Trinajstić information content (AvgIpc) is 3.35. The van der Waals surface area contributed by atoms with Crippen molar-refractivity contribution in [3.8, 4) is 17.0 Å². The van der Waals surface area contributed by atoms with Gasteiger partial charge in [0.2, 0.25) is 0 Å². The van der Waals surface area contributed by atoms with Crippen molar-refractivity contribution in [1.82, 2.24) is 14.9 Å². The van der Waals surface area contributed by atoms with E-state index in [0.29, 0.717) is 6.54 Å². The Kier molecular flexibility index (Phi) is 4.94. The van der Waals surface area contributed by atoms with E-state index < -0.39 is 5.60 Å². The number of methoxy groups -OCH3 is 1. The second kappa shape index (κ2) is 7.43. The fourth-order valence-electron chi connectivity index (χ4n) is 3.76. The number of aromatic nitrogens is 2. The highest BCUT2D eigenvalue weighted by Gasteiger charge is 2.34. The van der Waals surface area contributed by atoms with Gasteiger partial charge in [0.1, 0.15) is 17.2 Å². The number of carbonyl (C=O) groups is 1. The minimum atomic E-state index is -0.508. The number of nitrogens with one attached hydrogen (secondary N) is 1. The molecule has 1 atom stereocenters. The molecular weight excluding hydrogens is 366 g/mol. The third kappa shape index (κ3) is 4.06. The van der Waals surface area contributed by atoms with Gasteiger partial charge in [-0.2, -0.15) is 0 Å². The summed E-state index contributed by atoms with van der Waals surface area (Å²) in [6, 6.07) is 12.2. The maximum Gasteiger partial charge on any atom is 0.410 e. The predicted octanol–water partition coefficient (Wildman–Crippen LogP) is 5.31. The molecule has 6 nitrogen and oxygen atoms in total. The third-order valence-corrected chi connectivity index (χ3v) is 5.15. The molecule has 1 aliphatic rings. The van der Waals surface area contributed by atoms with Gasteiger partial charge in [0.05, 0.1) is 25.0 Å². The van der Waals surface area contributed by atoms with E-state index in [2.05, 4.69) is 34.2 Å². The Labute approximate surface area is 170 Å². The molecule has 1 unspecified atom stereocenters. The summed E-state index contributed by atoms with van der Waals surface area (Å²) in [5.41, 5.74) is 1.49. The Balaban J connectivity index is 1.57. The van der Waals surface area contributed by atoms with Crippen LogP contribution in [0.1, 0.15) is 45.5 Å². The van der Waals surface area contributed by atoms with Crippen LogP contribution in [0.25, 0.3) is 22.0 Å². The van der Waals surface area contributed by atoms with Crippen LogP contribution in [-0.4, -0.2) is 40.2 Å². The van der Waals surface area contributed by atoms with E-state index in [1.54, 1.807) is 12.0 Å². The second-order valence-corrected chi connectivity index (χ2v) is 8.44. The number of hydrogen-bond donors (Lipinski definition) is 1. The van der Waals surface area contributed by atoms with Gasteiger partial charge in [-0.25, -0.2) is 9.78 Å². The molecule has 0 aliphatic carbocycles. The lowest BCUT2D eigenvalue weighted by Crippen LogP contribution is -2.36. The van der Waals surface area contributed by atoms with Crippen LogP contribution in [0.3, 0.4) is 0 Å². The Bertz CT molecular complexity index is 1040. The minimum Gasteiger partial charge on any atom is -0.497 e. The van der Waals surface area contributed by atoms with E-state index in [0.717, 1.165) is 46.4 Å². The smallest absolute Gasteiger partial charge is 0.410 e. The van der Waals surface area contributed by atoms with Crippen molar-refractivity contribution < 1.29 is 14.3 Å². The van der Waals surface area contributed by atoms with Gasteiger partial charge in [0.15, 0.2) is 0 Å². The summed E-state index contributed by atoms with van der Waals surface area (Å²) >= 11 is 0. The number of benzene rings is 2. The molecule has 1 fully saturated rings. The number of H-pyrrole nitrogens is 1. The van der Waals surface area contributed by atoms with Crippen LogP contribution >= 0.6 is 0 Å². The Morgan fingerprint density at radius 2 is 1.93 bits per heavy atom. The zero-order valence-corrected chi connectivity index (χ0v) is 17.4. The first-order chi connectivity index (χ1) is 13.8. The molecule has 152 valence electrons. The summed E-state index contributed by atoms with van der Waals surface area (Å²) in [7, 11) is 1.67. The predicted molar refractivity (Wildman–Crippen MR) is 113 cm³/mol. The molecule has 0 saturated carbocycles. The monoisotopic (exact) mass is 393 g/mol. The van der Waals surface area contributed by atoms with Crippen molar-refractivity contribution in [1.29, 1.82) is 0 Å². The normalized spacial score (nSPS) is 17.0. The van der Waals surface area contributed by atoms with E-state index in [1.165, 1.54) is 0 Å². The summed E-state index contributed by atoms with van der Waals surface area (Å²) in [6.45, 7) is 6.34. The zero-order valence-electron chi connectivity index (χ0n) is 17.4. The number of likely N-dealkylation sites (tertiary alicyclic amines) is 1. The van der Waals surface area contributed by atoms with Crippen molar-refractivity contribution in [2.75, 3.05) is 13.7 Å². The van der Waals surface area contributed by atoms with Crippen LogP contribution < -0.4 is 4.74 Å². The SMILES string of the molecule is COc1ccc2cc(-c3cnc(C4CCCN4C(=O)OC(C)(C)C)[nH]3)ccc2c1. The van der Waals surface area contributed by atoms with Crippen LogP contribution in [0.15, 0.2) is 42.6 Å². The van der Waals surface area contributed by atoms with Crippen molar-refractivity contribution in [2.45, 2.75) is 45.3 Å². The fourth-order valence-corrected chi connectivity index (χ4v) is 3.76. The topological polar surface area (TPSA) is 67.4 Å². The molecule has 0 spiro atoms. The Morgan fingerprint density at radius 1 is 1.17 bits per heavy atom. The van der Waals surface area contributed by atoms with Crippen LogP contribution in [0, 0.1) is 0 Å². The maximum absolute atomic E-state index is 12.6. The van der Waals surface area contributed by atoms with Crippen LogP contribution in [-0.2, 0) is 4.74 Å². The van der Waals surface area contributed by atoms with Crippen LogP contribution in [0.4, 0.5) is 4.79 Å². The summed E-state index contributed by atoms with van der Waals surface area (Å²) in [5.74, 6) is 1.65. The third-order valence-electron chi connectivity index (χ3n) is 5.15. The molecule has 3 aromatic rings. The van der Waals surface area contributed by atoms with Gasteiger partial charge < -0.3 is 14.5 Å². The number of aromatic amines is 1. The zero-order chi connectivity index (χ0) is 20.6. The quantitative estimate of drug-likeness (QED) is 0.655. The molecule has 0 bridgehead atoms. The molecule has 1 aromatic heterocycles. The van der Waals surface area contributed by atoms with E-state index in [-0.39, 0.29) is 12.1 Å². The van der Waals surface area contributed by atoms with Gasteiger partial charge in [0, 0.05) is 12.1 Å². The van der Waals surface area contributed by atoms with E-state index in [4.69, 9.17) is 9.47 Å². The van der Waals surface area contributed by atoms with E-state index >= 15 is 0 Å². The number of fused-ring (bicyclic) bond motifs is 1. The van der Waals surface area contributed by atoms with Gasteiger partial charge in [-0.3, -0.25) is 4.90 Å². The molecule has 29 heavy (non-hydrogen) atoms. The molecule has 2 heterocycles. The highest BCUT2D eigenvalue weighted by Crippen LogP contribution is 2.33. The van der Waals surface area contributed by atoms with E-state index in [1.807, 2.05) is 39.1 Å². The molecule has 0 radical (unpaired) electrons. The fraction of sp³-hybridized carbons (Fsp3) is 0.391.